The van der Waals surface area contributed by atoms with Gasteiger partial charge in [0, 0.05) is 0 Å². The molecule has 2 nitrogen and oxygen atoms in total. The van der Waals surface area contributed by atoms with Gasteiger partial charge in [-0.1, -0.05) is 72.0 Å². The molecule has 1 unspecified atom stereocenters. The third-order valence-corrected chi connectivity index (χ3v) is 2.74. The summed E-state index contributed by atoms with van der Waals surface area (Å²) in [6, 6.07) is 9.77. The zero-order chi connectivity index (χ0) is 12.7. The van der Waals surface area contributed by atoms with Gasteiger partial charge >= 0.3 is 0 Å². The molecule has 1 rings (SSSR count). The van der Waals surface area contributed by atoms with Crippen LogP contribution in [0.5, 0.6) is 0 Å². The fourth-order valence-corrected chi connectivity index (χ4v) is 1.76. The van der Waals surface area contributed by atoms with E-state index in [1.165, 1.54) is 5.06 Å². The van der Waals surface area contributed by atoms with Crippen LogP contribution in [0.1, 0.15) is 19.4 Å². The number of nitrogens with zero attached hydrogens (tertiary/aromatic N) is 1. The minimum atomic E-state index is -0.132. The fraction of sp³-hybridized carbons (Fsp3) is 0.429. The van der Waals surface area contributed by atoms with Gasteiger partial charge in [0.2, 0.25) is 0 Å². The Bertz CT molecular complexity index is 380. The molecule has 1 aromatic carbocycles. The van der Waals surface area contributed by atoms with Crippen molar-refractivity contribution < 1.29 is 5.21 Å². The van der Waals surface area contributed by atoms with Gasteiger partial charge in [-0.2, -0.15) is 5.06 Å². The summed E-state index contributed by atoms with van der Waals surface area (Å²) in [6.07, 6.45) is 0. The summed E-state index contributed by atoms with van der Waals surface area (Å²) in [5.41, 5.74) is 1.08. The Hall–Kier alpha value is -0.820. The number of hydrogen-bond acceptors (Lipinski definition) is 2. The summed E-state index contributed by atoms with van der Waals surface area (Å²) in [4.78, 5) is 0. The van der Waals surface area contributed by atoms with Crippen LogP contribution in [0.3, 0.4) is 0 Å². The first-order valence-electron chi connectivity index (χ1n) is 5.69. The van der Waals surface area contributed by atoms with Crippen molar-refractivity contribution in [2.24, 2.45) is 5.92 Å². The first kappa shape index (κ1) is 14.2. The molecule has 0 radical (unpaired) electrons. The molecule has 0 aliphatic rings. The Morgan fingerprint density at radius 1 is 1.29 bits per heavy atom. The Morgan fingerprint density at radius 3 is 2.47 bits per heavy atom. The Balaban J connectivity index is 2.69. The van der Waals surface area contributed by atoms with E-state index in [1.54, 1.807) is 0 Å². The maximum atomic E-state index is 10.1. The average Bonchev–Trinajstić information content (AvgIpc) is 2.30. The van der Waals surface area contributed by atoms with E-state index in [1.807, 2.05) is 30.3 Å². The quantitative estimate of drug-likeness (QED) is 0.523. The molecule has 1 N–H and O–H groups in total. The molecule has 0 fully saturated rings. The first-order chi connectivity index (χ1) is 8.15. The number of hydrogen-bond donors (Lipinski definition) is 1. The van der Waals surface area contributed by atoms with Crippen molar-refractivity contribution in [1.29, 1.82) is 0 Å². The second-order valence-electron chi connectivity index (χ2n) is 4.23. The minimum absolute atomic E-state index is 0.132. The van der Waals surface area contributed by atoms with E-state index in [9.17, 15) is 5.21 Å². The maximum absolute atomic E-state index is 10.1. The molecular formula is C14H18BrNO. The van der Waals surface area contributed by atoms with Crippen LogP contribution in [0.2, 0.25) is 0 Å². The second-order valence-corrected chi connectivity index (χ2v) is 4.79. The highest BCUT2D eigenvalue weighted by Gasteiger charge is 2.18. The lowest BCUT2D eigenvalue weighted by molar-refractivity contribution is -0.129. The van der Waals surface area contributed by atoms with Crippen LogP contribution < -0.4 is 0 Å². The summed E-state index contributed by atoms with van der Waals surface area (Å²) < 4.78 is 0. The van der Waals surface area contributed by atoms with Crippen LogP contribution >= 0.6 is 15.9 Å². The van der Waals surface area contributed by atoms with Crippen LogP contribution in [0.15, 0.2) is 30.3 Å². The van der Waals surface area contributed by atoms with E-state index in [-0.39, 0.29) is 12.0 Å². The van der Waals surface area contributed by atoms with Gasteiger partial charge in [-0.3, -0.25) is 0 Å². The highest BCUT2D eigenvalue weighted by atomic mass is 79.9. The van der Waals surface area contributed by atoms with Gasteiger partial charge in [-0.05, 0) is 11.5 Å². The van der Waals surface area contributed by atoms with Crippen molar-refractivity contribution in [2.45, 2.75) is 26.4 Å². The van der Waals surface area contributed by atoms with Crippen LogP contribution in [-0.4, -0.2) is 21.6 Å². The predicted octanol–water partition coefficient (Wildman–Crippen LogP) is 3.30. The number of halogens is 1. The van der Waals surface area contributed by atoms with Crippen molar-refractivity contribution in [3.63, 3.8) is 0 Å². The summed E-state index contributed by atoms with van der Waals surface area (Å²) in [6.45, 7) is 4.62. The number of hydroxylamine groups is 2. The molecule has 3 heteroatoms. The second kappa shape index (κ2) is 7.50. The van der Waals surface area contributed by atoms with Crippen molar-refractivity contribution >= 4 is 15.9 Å². The van der Waals surface area contributed by atoms with E-state index in [0.717, 1.165) is 5.56 Å². The average molecular weight is 296 g/mol. The molecule has 0 saturated heterocycles. The van der Waals surface area contributed by atoms with E-state index in [4.69, 9.17) is 0 Å². The normalized spacial score (nSPS) is 12.4. The van der Waals surface area contributed by atoms with Gasteiger partial charge in [0.15, 0.2) is 0 Å². The van der Waals surface area contributed by atoms with Crippen LogP contribution in [0, 0.1) is 17.8 Å². The lowest BCUT2D eigenvalue weighted by atomic mass is 10.0. The van der Waals surface area contributed by atoms with Gasteiger partial charge in [-0.15, -0.1) is 0 Å². The van der Waals surface area contributed by atoms with E-state index < -0.39 is 0 Å². The molecule has 0 aliphatic heterocycles. The zero-order valence-corrected chi connectivity index (χ0v) is 11.8. The molecule has 0 aromatic heterocycles. The number of rotatable bonds is 4. The topological polar surface area (TPSA) is 23.5 Å². The van der Waals surface area contributed by atoms with Gasteiger partial charge in [0.05, 0.1) is 17.9 Å². The lowest BCUT2D eigenvalue weighted by Gasteiger charge is -2.24. The van der Waals surface area contributed by atoms with Crippen molar-refractivity contribution in [1.82, 2.24) is 5.06 Å². The van der Waals surface area contributed by atoms with Crippen LogP contribution in [-0.2, 0) is 6.54 Å². The van der Waals surface area contributed by atoms with Crippen LogP contribution in [0.4, 0.5) is 0 Å². The van der Waals surface area contributed by atoms with E-state index in [0.29, 0.717) is 11.9 Å². The summed E-state index contributed by atoms with van der Waals surface area (Å²) in [5.74, 6) is 6.32. The fourth-order valence-electron chi connectivity index (χ4n) is 1.60. The predicted molar refractivity (Wildman–Crippen MR) is 74.0 cm³/mol. The monoisotopic (exact) mass is 295 g/mol. The smallest absolute Gasteiger partial charge is 0.0983 e. The molecule has 0 aliphatic carbocycles. The maximum Gasteiger partial charge on any atom is 0.0983 e. The molecule has 92 valence electrons. The van der Waals surface area contributed by atoms with Gasteiger partial charge < -0.3 is 5.21 Å². The first-order valence-corrected chi connectivity index (χ1v) is 6.81. The van der Waals surface area contributed by atoms with Crippen molar-refractivity contribution in [2.75, 3.05) is 5.33 Å². The summed E-state index contributed by atoms with van der Waals surface area (Å²) >= 11 is 3.27. The SMILES string of the molecule is CC(C)C(C#CCBr)N(O)Cc1ccccc1. The van der Waals surface area contributed by atoms with E-state index >= 15 is 0 Å². The summed E-state index contributed by atoms with van der Waals surface area (Å²) in [5, 5.41) is 12.0. The highest BCUT2D eigenvalue weighted by Crippen LogP contribution is 2.12. The summed E-state index contributed by atoms with van der Waals surface area (Å²) in [7, 11) is 0. The van der Waals surface area contributed by atoms with Crippen LogP contribution in [0.25, 0.3) is 0 Å². The molecule has 0 spiro atoms. The molecule has 0 heterocycles. The molecule has 0 amide bonds. The largest absolute Gasteiger partial charge is 0.312 e. The number of benzene rings is 1. The molecular weight excluding hydrogens is 278 g/mol. The molecule has 1 aromatic rings. The number of alkyl halides is 1. The third-order valence-electron chi connectivity index (χ3n) is 2.46. The molecule has 0 saturated carbocycles. The van der Waals surface area contributed by atoms with Gasteiger partial charge in [0.25, 0.3) is 0 Å². The molecule has 0 bridgehead atoms. The molecule has 17 heavy (non-hydrogen) atoms. The minimum Gasteiger partial charge on any atom is -0.312 e. The zero-order valence-electron chi connectivity index (χ0n) is 10.2. The highest BCUT2D eigenvalue weighted by molar-refractivity contribution is 9.09. The van der Waals surface area contributed by atoms with Crippen molar-refractivity contribution in [3.8, 4) is 11.8 Å². The molecule has 1 atom stereocenters. The van der Waals surface area contributed by atoms with E-state index in [2.05, 4.69) is 41.6 Å². The van der Waals surface area contributed by atoms with Gasteiger partial charge in [-0.25, -0.2) is 0 Å². The van der Waals surface area contributed by atoms with Crippen molar-refractivity contribution in [3.05, 3.63) is 35.9 Å². The third kappa shape index (κ3) is 4.91. The Labute approximate surface area is 112 Å². The lowest BCUT2D eigenvalue weighted by Crippen LogP contribution is -2.34. The Morgan fingerprint density at radius 2 is 1.94 bits per heavy atom. The Kier molecular flexibility index (Phi) is 6.28. The van der Waals surface area contributed by atoms with Gasteiger partial charge in [0.1, 0.15) is 0 Å². The standard InChI is InChI=1S/C14H18BrNO/c1-12(2)14(9-6-10-15)16(17)11-13-7-4-3-5-8-13/h3-5,7-8,12,14,17H,10-11H2,1-2H3.